The minimum atomic E-state index is -1.43. The van der Waals surface area contributed by atoms with E-state index in [0.717, 1.165) is 10.4 Å². The number of nitrogens with zero attached hydrogens (tertiary/aromatic N) is 2. The van der Waals surface area contributed by atoms with Gasteiger partial charge in [-0.25, -0.2) is 4.98 Å². The molecule has 5 unspecified atom stereocenters. The van der Waals surface area contributed by atoms with Gasteiger partial charge in [0.15, 0.2) is 11.4 Å². The second-order valence-electron chi connectivity index (χ2n) is 6.01. The van der Waals surface area contributed by atoms with Crippen molar-refractivity contribution in [1.29, 1.82) is 5.26 Å². The second kappa shape index (κ2) is 8.09. The standard InChI is InChI=1S/C17H19N3O5S/c18-6-10-3-1-9(2-4-10)5-11-7-19-17(26-11)20-16-15(24)14(23)13(22)12(8-21)25-16/h1-4,7,12-16,21-24H,5,8H2,(H,19,20). The Morgan fingerprint density at radius 3 is 2.54 bits per heavy atom. The third-order valence-corrected chi connectivity index (χ3v) is 5.10. The van der Waals surface area contributed by atoms with Crippen LogP contribution in [0, 0.1) is 11.3 Å². The molecular formula is C17H19N3O5S. The molecule has 2 heterocycles. The maximum Gasteiger partial charge on any atom is 0.184 e. The minimum Gasteiger partial charge on any atom is -0.394 e. The fourth-order valence-electron chi connectivity index (χ4n) is 2.70. The van der Waals surface area contributed by atoms with Crippen LogP contribution in [0.15, 0.2) is 30.5 Å². The summed E-state index contributed by atoms with van der Waals surface area (Å²) >= 11 is 1.36. The van der Waals surface area contributed by atoms with Gasteiger partial charge < -0.3 is 30.5 Å². The molecule has 1 aromatic carbocycles. The van der Waals surface area contributed by atoms with Crippen molar-refractivity contribution in [2.75, 3.05) is 11.9 Å². The van der Waals surface area contributed by atoms with Gasteiger partial charge in [0.1, 0.15) is 24.4 Å². The lowest BCUT2D eigenvalue weighted by Crippen LogP contribution is -2.60. The van der Waals surface area contributed by atoms with Crippen LogP contribution in [-0.2, 0) is 11.2 Å². The fourth-order valence-corrected chi connectivity index (χ4v) is 3.57. The Labute approximate surface area is 153 Å². The number of anilines is 1. The lowest BCUT2D eigenvalue weighted by Gasteiger charge is -2.40. The highest BCUT2D eigenvalue weighted by atomic mass is 32.1. The van der Waals surface area contributed by atoms with E-state index in [1.165, 1.54) is 11.3 Å². The quantitative estimate of drug-likeness (QED) is 0.483. The summed E-state index contributed by atoms with van der Waals surface area (Å²) in [6.45, 7) is -0.481. The van der Waals surface area contributed by atoms with Crippen LogP contribution in [0.2, 0.25) is 0 Å². The highest BCUT2D eigenvalue weighted by Gasteiger charge is 2.43. The summed E-state index contributed by atoms with van der Waals surface area (Å²) in [4.78, 5) is 5.19. The van der Waals surface area contributed by atoms with E-state index < -0.39 is 37.3 Å². The van der Waals surface area contributed by atoms with Crippen molar-refractivity contribution in [3.8, 4) is 6.07 Å². The maximum absolute atomic E-state index is 10.0. The van der Waals surface area contributed by atoms with Crippen LogP contribution in [0.4, 0.5) is 5.13 Å². The number of aromatic nitrogens is 1. The van der Waals surface area contributed by atoms with Gasteiger partial charge >= 0.3 is 0 Å². The molecular weight excluding hydrogens is 358 g/mol. The number of aliphatic hydroxyl groups excluding tert-OH is 4. The second-order valence-corrected chi connectivity index (χ2v) is 7.13. The first kappa shape index (κ1) is 18.7. The predicted molar refractivity (Wildman–Crippen MR) is 93.5 cm³/mol. The van der Waals surface area contributed by atoms with Crippen LogP contribution in [0.3, 0.4) is 0 Å². The van der Waals surface area contributed by atoms with Crippen LogP contribution in [0.1, 0.15) is 16.0 Å². The van der Waals surface area contributed by atoms with Gasteiger partial charge in [0, 0.05) is 17.5 Å². The summed E-state index contributed by atoms with van der Waals surface area (Å²) < 4.78 is 5.40. The van der Waals surface area contributed by atoms with E-state index in [4.69, 9.17) is 10.00 Å². The lowest BCUT2D eigenvalue weighted by atomic mass is 9.98. The van der Waals surface area contributed by atoms with Crippen molar-refractivity contribution < 1.29 is 25.2 Å². The van der Waals surface area contributed by atoms with Gasteiger partial charge in [-0.05, 0) is 17.7 Å². The molecule has 5 atom stereocenters. The number of rotatable bonds is 5. The van der Waals surface area contributed by atoms with Gasteiger partial charge in [0.05, 0.1) is 18.2 Å². The van der Waals surface area contributed by atoms with E-state index in [2.05, 4.69) is 16.4 Å². The van der Waals surface area contributed by atoms with Gasteiger partial charge in [-0.1, -0.05) is 12.1 Å². The number of nitrogens with one attached hydrogen (secondary N) is 1. The molecule has 0 saturated carbocycles. The Bertz CT molecular complexity index is 773. The molecule has 0 radical (unpaired) electrons. The number of hydrogen-bond acceptors (Lipinski definition) is 9. The molecule has 5 N–H and O–H groups in total. The van der Waals surface area contributed by atoms with Crippen LogP contribution < -0.4 is 5.32 Å². The first-order valence-electron chi connectivity index (χ1n) is 8.02. The smallest absolute Gasteiger partial charge is 0.184 e. The van der Waals surface area contributed by atoms with E-state index in [9.17, 15) is 20.4 Å². The molecule has 26 heavy (non-hydrogen) atoms. The molecule has 0 amide bonds. The summed E-state index contributed by atoms with van der Waals surface area (Å²) in [5.41, 5.74) is 1.63. The zero-order valence-electron chi connectivity index (χ0n) is 13.7. The number of nitriles is 1. The minimum absolute atomic E-state index is 0.481. The molecule has 9 heteroatoms. The average Bonchev–Trinajstić information content (AvgIpc) is 3.09. The fraction of sp³-hybridized carbons (Fsp3) is 0.412. The van der Waals surface area contributed by atoms with Crippen LogP contribution in [-0.4, -0.2) is 62.7 Å². The van der Waals surface area contributed by atoms with Crippen LogP contribution in [0.25, 0.3) is 0 Å². The molecule has 1 fully saturated rings. The lowest BCUT2D eigenvalue weighted by molar-refractivity contribution is -0.221. The maximum atomic E-state index is 10.0. The van der Waals surface area contributed by atoms with E-state index in [1.54, 1.807) is 18.3 Å². The molecule has 8 nitrogen and oxygen atoms in total. The van der Waals surface area contributed by atoms with Crippen LogP contribution >= 0.6 is 11.3 Å². The Kier molecular flexibility index (Phi) is 5.83. The zero-order chi connectivity index (χ0) is 18.7. The number of aliphatic hydroxyl groups is 4. The number of benzene rings is 1. The molecule has 0 bridgehead atoms. The van der Waals surface area contributed by atoms with E-state index in [-0.39, 0.29) is 0 Å². The number of thiazole rings is 1. The van der Waals surface area contributed by atoms with Crippen molar-refractivity contribution in [2.24, 2.45) is 0 Å². The Morgan fingerprint density at radius 1 is 1.15 bits per heavy atom. The van der Waals surface area contributed by atoms with Crippen molar-refractivity contribution in [1.82, 2.24) is 4.98 Å². The van der Waals surface area contributed by atoms with Crippen LogP contribution in [0.5, 0.6) is 0 Å². The number of ether oxygens (including phenoxy) is 1. The van der Waals surface area contributed by atoms with Crippen molar-refractivity contribution in [3.05, 3.63) is 46.5 Å². The first-order chi connectivity index (χ1) is 12.5. The molecule has 1 aliphatic heterocycles. The monoisotopic (exact) mass is 377 g/mol. The summed E-state index contributed by atoms with van der Waals surface area (Å²) in [6, 6.07) is 9.34. The van der Waals surface area contributed by atoms with E-state index in [1.807, 2.05) is 12.1 Å². The molecule has 0 aliphatic carbocycles. The summed E-state index contributed by atoms with van der Waals surface area (Å²) in [5, 5.41) is 51.1. The van der Waals surface area contributed by atoms with E-state index in [0.29, 0.717) is 17.1 Å². The predicted octanol–water partition coefficient (Wildman–Crippen LogP) is -0.183. The molecule has 0 spiro atoms. The molecule has 3 rings (SSSR count). The normalized spacial score (nSPS) is 28.5. The van der Waals surface area contributed by atoms with Gasteiger partial charge in [-0.3, -0.25) is 0 Å². The van der Waals surface area contributed by atoms with E-state index >= 15 is 0 Å². The topological polar surface area (TPSA) is 139 Å². The highest BCUT2D eigenvalue weighted by molar-refractivity contribution is 7.15. The number of hydrogen-bond donors (Lipinski definition) is 5. The Hall–Kier alpha value is -2.06. The van der Waals surface area contributed by atoms with Gasteiger partial charge in [-0.15, -0.1) is 11.3 Å². The third-order valence-electron chi connectivity index (χ3n) is 4.17. The Morgan fingerprint density at radius 2 is 1.88 bits per heavy atom. The first-order valence-corrected chi connectivity index (χ1v) is 8.84. The molecule has 1 aliphatic rings. The van der Waals surface area contributed by atoms with Crippen molar-refractivity contribution in [3.63, 3.8) is 0 Å². The third kappa shape index (κ3) is 4.02. The molecule has 1 saturated heterocycles. The van der Waals surface area contributed by atoms with Gasteiger partial charge in [-0.2, -0.15) is 5.26 Å². The van der Waals surface area contributed by atoms with Crippen molar-refractivity contribution >= 4 is 16.5 Å². The molecule has 138 valence electrons. The summed E-state index contributed by atoms with van der Waals surface area (Å²) in [5.74, 6) is 0. The average molecular weight is 377 g/mol. The molecule has 2 aromatic rings. The zero-order valence-corrected chi connectivity index (χ0v) is 14.5. The highest BCUT2D eigenvalue weighted by Crippen LogP contribution is 2.26. The van der Waals surface area contributed by atoms with Crippen molar-refractivity contribution in [2.45, 2.75) is 37.1 Å². The summed E-state index contributed by atoms with van der Waals surface area (Å²) in [7, 11) is 0. The SMILES string of the molecule is N#Cc1ccc(Cc2cnc(NC3OC(CO)C(O)C(O)C3O)s2)cc1. The molecule has 1 aromatic heterocycles. The van der Waals surface area contributed by atoms with Gasteiger partial charge in [0.2, 0.25) is 0 Å². The largest absolute Gasteiger partial charge is 0.394 e. The Balaban J connectivity index is 1.65. The van der Waals surface area contributed by atoms with Gasteiger partial charge in [0.25, 0.3) is 0 Å². The summed E-state index contributed by atoms with van der Waals surface area (Å²) in [6.07, 6.45) is -3.83.